The molecule has 0 spiro atoms. The zero-order valence-corrected chi connectivity index (χ0v) is 12.9. The van der Waals surface area contributed by atoms with Crippen LogP contribution in [0.15, 0.2) is 12.3 Å². The topological polar surface area (TPSA) is 60.5 Å². The Morgan fingerprint density at radius 1 is 1.40 bits per heavy atom. The number of ether oxygens (including phenoxy) is 2. The molecule has 20 heavy (non-hydrogen) atoms. The number of Topliss-reactive ketones (excluding diaryl/α,β-unsaturated/α-hetero) is 1. The molecule has 0 radical (unpaired) electrons. The van der Waals surface area contributed by atoms with E-state index in [1.54, 1.807) is 6.20 Å². The summed E-state index contributed by atoms with van der Waals surface area (Å²) in [4.78, 5) is 15.7. The van der Waals surface area contributed by atoms with E-state index in [-0.39, 0.29) is 24.4 Å². The molecule has 5 nitrogen and oxygen atoms in total. The normalized spacial score (nSPS) is 12.3. The largest absolute Gasteiger partial charge is 0.484 e. The summed E-state index contributed by atoms with van der Waals surface area (Å²) in [6.45, 7) is 8.43. The van der Waals surface area contributed by atoms with Crippen LogP contribution in [0.3, 0.4) is 0 Å². The zero-order chi connectivity index (χ0) is 15.1. The summed E-state index contributed by atoms with van der Waals surface area (Å²) in [7, 11) is 1.88. The molecular formula is C15H24N2O3. The van der Waals surface area contributed by atoms with Gasteiger partial charge in [-0.25, -0.2) is 4.98 Å². The minimum atomic E-state index is -0.0201. The smallest absolute Gasteiger partial charge is 0.214 e. The molecule has 0 aliphatic rings. The third-order valence-electron chi connectivity index (χ3n) is 2.87. The summed E-state index contributed by atoms with van der Waals surface area (Å²) in [5.41, 5.74) is 0.906. The van der Waals surface area contributed by atoms with Crippen LogP contribution in [0.25, 0.3) is 0 Å². The fourth-order valence-electron chi connectivity index (χ4n) is 1.58. The number of likely N-dealkylation sites (N-methyl/N-ethyl adjacent to an activating group) is 1. The van der Waals surface area contributed by atoms with Crippen molar-refractivity contribution >= 4 is 5.78 Å². The highest BCUT2D eigenvalue weighted by Crippen LogP contribution is 2.21. The fourth-order valence-corrected chi connectivity index (χ4v) is 1.58. The van der Waals surface area contributed by atoms with Crippen LogP contribution in [0.4, 0.5) is 0 Å². The van der Waals surface area contributed by atoms with Gasteiger partial charge in [0, 0.05) is 18.5 Å². The molecule has 0 saturated carbocycles. The van der Waals surface area contributed by atoms with Crippen molar-refractivity contribution in [2.75, 3.05) is 20.2 Å². The average molecular weight is 280 g/mol. The predicted molar refractivity (Wildman–Crippen MR) is 78.3 cm³/mol. The molecule has 5 heteroatoms. The van der Waals surface area contributed by atoms with E-state index >= 15 is 0 Å². The number of hydrogen-bond donors (Lipinski definition) is 1. The van der Waals surface area contributed by atoms with Crippen molar-refractivity contribution in [3.63, 3.8) is 0 Å². The van der Waals surface area contributed by atoms with E-state index in [4.69, 9.17) is 9.47 Å². The molecule has 0 fully saturated rings. The first-order chi connectivity index (χ1) is 9.43. The van der Waals surface area contributed by atoms with Crippen molar-refractivity contribution in [2.24, 2.45) is 5.92 Å². The molecule has 0 bridgehead atoms. The summed E-state index contributed by atoms with van der Waals surface area (Å²) in [5, 5.41) is 3.04. The number of ketones is 1. The minimum Gasteiger partial charge on any atom is -0.484 e. The van der Waals surface area contributed by atoms with Gasteiger partial charge in [-0.05, 0) is 26.5 Å². The second kappa shape index (κ2) is 7.85. The molecule has 1 aromatic heterocycles. The van der Waals surface area contributed by atoms with Crippen LogP contribution in [-0.2, 0) is 4.79 Å². The fraction of sp³-hybridized carbons (Fsp3) is 0.600. The predicted octanol–water partition coefficient (Wildman–Crippen LogP) is 1.98. The molecule has 0 amide bonds. The number of pyridine rings is 1. The molecule has 0 aliphatic carbocycles. The van der Waals surface area contributed by atoms with Gasteiger partial charge in [0.2, 0.25) is 5.88 Å². The van der Waals surface area contributed by atoms with Gasteiger partial charge in [-0.3, -0.25) is 4.79 Å². The van der Waals surface area contributed by atoms with Gasteiger partial charge in [0.1, 0.15) is 18.5 Å². The minimum absolute atomic E-state index is 0.0201. The number of aromatic nitrogens is 1. The molecule has 0 aromatic carbocycles. The second-order valence-electron chi connectivity index (χ2n) is 5.18. The Kier molecular flexibility index (Phi) is 6.45. The lowest BCUT2D eigenvalue weighted by Gasteiger charge is -2.15. The van der Waals surface area contributed by atoms with E-state index in [0.29, 0.717) is 11.6 Å². The van der Waals surface area contributed by atoms with Crippen LogP contribution in [0.2, 0.25) is 0 Å². The lowest BCUT2D eigenvalue weighted by Crippen LogP contribution is -2.26. The van der Waals surface area contributed by atoms with Gasteiger partial charge < -0.3 is 14.8 Å². The highest BCUT2D eigenvalue weighted by Gasteiger charge is 2.11. The Bertz CT molecular complexity index is 447. The SMILES string of the molecule is CNC[C@@H](C)Oc1cc(C)c(OCC(=O)C(C)C)cn1. The number of aryl methyl sites for hydroxylation is 1. The number of carbonyl (C=O) groups is 1. The van der Waals surface area contributed by atoms with Gasteiger partial charge in [-0.2, -0.15) is 0 Å². The van der Waals surface area contributed by atoms with Crippen LogP contribution < -0.4 is 14.8 Å². The maximum absolute atomic E-state index is 11.5. The molecule has 1 aromatic rings. The van der Waals surface area contributed by atoms with Gasteiger partial charge in [-0.1, -0.05) is 13.8 Å². The molecule has 1 rings (SSSR count). The highest BCUT2D eigenvalue weighted by atomic mass is 16.5. The summed E-state index contributed by atoms with van der Waals surface area (Å²) >= 11 is 0. The second-order valence-corrected chi connectivity index (χ2v) is 5.18. The molecular weight excluding hydrogens is 256 g/mol. The zero-order valence-electron chi connectivity index (χ0n) is 12.9. The van der Waals surface area contributed by atoms with Crippen molar-refractivity contribution in [1.82, 2.24) is 10.3 Å². The van der Waals surface area contributed by atoms with Crippen LogP contribution in [0.1, 0.15) is 26.3 Å². The third kappa shape index (κ3) is 5.17. The lowest BCUT2D eigenvalue weighted by molar-refractivity contribution is -0.123. The summed E-state index contributed by atoms with van der Waals surface area (Å²) in [5.74, 6) is 1.24. The molecule has 1 atom stereocenters. The van der Waals surface area contributed by atoms with Gasteiger partial charge in [0.15, 0.2) is 5.78 Å². The molecule has 0 unspecified atom stereocenters. The van der Waals surface area contributed by atoms with E-state index in [1.165, 1.54) is 0 Å². The van der Waals surface area contributed by atoms with Crippen molar-refractivity contribution in [3.05, 3.63) is 17.8 Å². The molecule has 112 valence electrons. The quantitative estimate of drug-likeness (QED) is 0.789. The Labute approximate surface area is 120 Å². The maximum atomic E-state index is 11.5. The Morgan fingerprint density at radius 2 is 2.10 bits per heavy atom. The monoisotopic (exact) mass is 280 g/mol. The van der Waals surface area contributed by atoms with Gasteiger partial charge in [-0.15, -0.1) is 0 Å². The number of nitrogens with one attached hydrogen (secondary N) is 1. The van der Waals surface area contributed by atoms with Crippen molar-refractivity contribution < 1.29 is 14.3 Å². The molecule has 0 aliphatic heterocycles. The summed E-state index contributed by atoms with van der Waals surface area (Å²) < 4.78 is 11.1. The number of carbonyl (C=O) groups excluding carboxylic acids is 1. The average Bonchev–Trinajstić information content (AvgIpc) is 2.37. The maximum Gasteiger partial charge on any atom is 0.214 e. The Balaban J connectivity index is 2.61. The van der Waals surface area contributed by atoms with E-state index in [2.05, 4.69) is 10.3 Å². The first kappa shape index (κ1) is 16.4. The van der Waals surface area contributed by atoms with Gasteiger partial charge in [0.25, 0.3) is 0 Å². The molecule has 1 heterocycles. The first-order valence-electron chi connectivity index (χ1n) is 6.87. The van der Waals surface area contributed by atoms with E-state index < -0.39 is 0 Å². The Hall–Kier alpha value is -1.62. The van der Waals surface area contributed by atoms with Crippen molar-refractivity contribution in [1.29, 1.82) is 0 Å². The van der Waals surface area contributed by atoms with Crippen LogP contribution in [0.5, 0.6) is 11.6 Å². The number of nitrogens with zero attached hydrogens (tertiary/aromatic N) is 1. The van der Waals surface area contributed by atoms with Gasteiger partial charge in [0.05, 0.1) is 6.20 Å². The molecule has 0 saturated heterocycles. The lowest BCUT2D eigenvalue weighted by atomic mass is 10.1. The summed E-state index contributed by atoms with van der Waals surface area (Å²) in [6.07, 6.45) is 1.64. The van der Waals surface area contributed by atoms with Gasteiger partial charge >= 0.3 is 0 Å². The highest BCUT2D eigenvalue weighted by molar-refractivity contribution is 5.81. The van der Waals surface area contributed by atoms with Crippen LogP contribution >= 0.6 is 0 Å². The summed E-state index contributed by atoms with van der Waals surface area (Å²) in [6, 6.07) is 1.82. The third-order valence-corrected chi connectivity index (χ3v) is 2.87. The first-order valence-corrected chi connectivity index (χ1v) is 6.87. The van der Waals surface area contributed by atoms with E-state index in [0.717, 1.165) is 12.1 Å². The van der Waals surface area contributed by atoms with Crippen LogP contribution in [0, 0.1) is 12.8 Å². The molecule has 1 N–H and O–H groups in total. The standard InChI is InChI=1S/C15H24N2O3/c1-10(2)13(18)9-19-14-8-17-15(6-11(14)3)20-12(4)7-16-5/h6,8,10,12,16H,7,9H2,1-5H3/t12-/m1/s1. The van der Waals surface area contributed by atoms with E-state index in [9.17, 15) is 4.79 Å². The van der Waals surface area contributed by atoms with Crippen LogP contribution in [-0.4, -0.2) is 37.1 Å². The van der Waals surface area contributed by atoms with E-state index in [1.807, 2.05) is 40.8 Å². The Morgan fingerprint density at radius 3 is 2.65 bits per heavy atom. The number of rotatable bonds is 8. The van der Waals surface area contributed by atoms with Crippen molar-refractivity contribution in [3.8, 4) is 11.6 Å². The number of hydrogen-bond acceptors (Lipinski definition) is 5. The van der Waals surface area contributed by atoms with Crippen molar-refractivity contribution in [2.45, 2.75) is 33.8 Å².